The van der Waals surface area contributed by atoms with Crippen LogP contribution in [0.1, 0.15) is 58.8 Å². The van der Waals surface area contributed by atoms with E-state index < -0.39 is 5.60 Å². The highest BCUT2D eigenvalue weighted by atomic mass is 16.3. The van der Waals surface area contributed by atoms with Gasteiger partial charge in [-0.05, 0) is 37.8 Å². The predicted octanol–water partition coefficient (Wildman–Crippen LogP) is 2.89. The molecule has 1 fully saturated rings. The Morgan fingerprint density at radius 2 is 1.96 bits per heavy atom. The molecule has 2 N–H and O–H groups in total. The van der Waals surface area contributed by atoms with Crippen molar-refractivity contribution in [2.45, 2.75) is 70.4 Å². The lowest BCUT2D eigenvalue weighted by Crippen LogP contribution is -2.47. The van der Waals surface area contributed by atoms with Crippen molar-refractivity contribution in [3.05, 3.63) is 24.4 Å². The van der Waals surface area contributed by atoms with Crippen LogP contribution in [0.2, 0.25) is 0 Å². The molecule has 1 saturated heterocycles. The molecule has 0 aromatic carbocycles. The van der Waals surface area contributed by atoms with E-state index in [0.29, 0.717) is 12.8 Å². The zero-order valence-corrected chi connectivity index (χ0v) is 15.0. The van der Waals surface area contributed by atoms with Crippen molar-refractivity contribution >= 4 is 11.7 Å². The Bertz CT molecular complexity index is 493. The van der Waals surface area contributed by atoms with Crippen LogP contribution in [0, 0.1) is 0 Å². The summed E-state index contributed by atoms with van der Waals surface area (Å²) >= 11 is 0. The average molecular weight is 333 g/mol. The molecule has 2 rings (SSSR count). The second-order valence-electron chi connectivity index (χ2n) is 6.92. The number of hydrogen-bond acceptors (Lipinski definition) is 4. The number of aliphatic hydroxyl groups is 1. The molecule has 1 aliphatic heterocycles. The van der Waals surface area contributed by atoms with Gasteiger partial charge in [0.05, 0.1) is 12.0 Å². The molecule has 0 aliphatic carbocycles. The molecule has 5 nitrogen and oxygen atoms in total. The van der Waals surface area contributed by atoms with Crippen LogP contribution in [0.25, 0.3) is 0 Å². The van der Waals surface area contributed by atoms with E-state index in [0.717, 1.165) is 44.6 Å². The zero-order valence-electron chi connectivity index (χ0n) is 15.0. The number of piperidine rings is 1. The second kappa shape index (κ2) is 9.02. The minimum Gasteiger partial charge on any atom is -0.389 e. The number of carbonyl (C=O) groups is 1. The van der Waals surface area contributed by atoms with Gasteiger partial charge in [0.2, 0.25) is 5.91 Å². The molecule has 2 heterocycles. The van der Waals surface area contributed by atoms with Crippen LogP contribution in [0.4, 0.5) is 5.82 Å². The third kappa shape index (κ3) is 5.48. The molecule has 1 amide bonds. The SMILES string of the molecule is CCCC(O)(CCC)CC(=O)NC1CCN(c2ccccn2)CC1. The summed E-state index contributed by atoms with van der Waals surface area (Å²) in [6.45, 7) is 5.89. The third-order valence-electron chi connectivity index (χ3n) is 4.75. The minimum absolute atomic E-state index is 0.0179. The first-order valence-corrected chi connectivity index (χ1v) is 9.24. The lowest BCUT2D eigenvalue weighted by atomic mass is 9.89. The molecule has 5 heteroatoms. The summed E-state index contributed by atoms with van der Waals surface area (Å²) in [4.78, 5) is 19.0. The number of anilines is 1. The standard InChI is InChI=1S/C19H31N3O2/c1-3-10-19(24,11-4-2)15-18(23)21-16-8-13-22(14-9-16)17-7-5-6-12-20-17/h5-7,12,16,24H,3-4,8-11,13-15H2,1-2H3,(H,21,23). The van der Waals surface area contributed by atoms with Crippen LogP contribution in [0.3, 0.4) is 0 Å². The van der Waals surface area contributed by atoms with Crippen LogP contribution < -0.4 is 10.2 Å². The van der Waals surface area contributed by atoms with Gasteiger partial charge in [0.1, 0.15) is 5.82 Å². The van der Waals surface area contributed by atoms with E-state index in [1.54, 1.807) is 0 Å². The Hall–Kier alpha value is -1.62. The Labute approximate surface area is 145 Å². The van der Waals surface area contributed by atoms with Gasteiger partial charge in [-0.25, -0.2) is 4.98 Å². The molecular weight excluding hydrogens is 302 g/mol. The van der Waals surface area contributed by atoms with Crippen molar-refractivity contribution < 1.29 is 9.90 Å². The van der Waals surface area contributed by atoms with Gasteiger partial charge >= 0.3 is 0 Å². The third-order valence-corrected chi connectivity index (χ3v) is 4.75. The molecule has 0 radical (unpaired) electrons. The van der Waals surface area contributed by atoms with E-state index in [1.165, 1.54) is 0 Å². The van der Waals surface area contributed by atoms with Crippen molar-refractivity contribution in [2.75, 3.05) is 18.0 Å². The number of rotatable bonds is 8. The number of carbonyl (C=O) groups excluding carboxylic acids is 1. The Morgan fingerprint density at radius 3 is 2.50 bits per heavy atom. The number of aromatic nitrogens is 1. The van der Waals surface area contributed by atoms with Gasteiger partial charge in [0.15, 0.2) is 0 Å². The fraction of sp³-hybridized carbons (Fsp3) is 0.684. The fourth-order valence-electron chi connectivity index (χ4n) is 3.60. The Kier molecular flexibility index (Phi) is 7.03. The number of amides is 1. The van der Waals surface area contributed by atoms with Gasteiger partial charge in [0.25, 0.3) is 0 Å². The van der Waals surface area contributed by atoms with Crippen molar-refractivity contribution in [1.82, 2.24) is 10.3 Å². The van der Waals surface area contributed by atoms with E-state index in [9.17, 15) is 9.90 Å². The highest BCUT2D eigenvalue weighted by Crippen LogP contribution is 2.24. The summed E-state index contributed by atoms with van der Waals surface area (Å²) in [5, 5.41) is 13.7. The topological polar surface area (TPSA) is 65.5 Å². The lowest BCUT2D eigenvalue weighted by Gasteiger charge is -2.34. The summed E-state index contributed by atoms with van der Waals surface area (Å²) in [6.07, 6.45) is 7.03. The van der Waals surface area contributed by atoms with Gasteiger partial charge in [0, 0.05) is 25.3 Å². The molecule has 1 aromatic heterocycles. The van der Waals surface area contributed by atoms with Crippen LogP contribution in [0.5, 0.6) is 0 Å². The molecule has 1 aliphatic rings. The highest BCUT2D eigenvalue weighted by Gasteiger charge is 2.29. The van der Waals surface area contributed by atoms with E-state index in [1.807, 2.05) is 38.2 Å². The highest BCUT2D eigenvalue weighted by molar-refractivity contribution is 5.77. The molecule has 24 heavy (non-hydrogen) atoms. The molecule has 0 bridgehead atoms. The van der Waals surface area contributed by atoms with Gasteiger partial charge in [-0.1, -0.05) is 32.8 Å². The summed E-state index contributed by atoms with van der Waals surface area (Å²) in [5.41, 5.74) is -0.845. The van der Waals surface area contributed by atoms with Crippen LogP contribution >= 0.6 is 0 Å². The van der Waals surface area contributed by atoms with Crippen molar-refractivity contribution in [3.63, 3.8) is 0 Å². The smallest absolute Gasteiger partial charge is 0.223 e. The quantitative estimate of drug-likeness (QED) is 0.768. The first-order valence-electron chi connectivity index (χ1n) is 9.24. The first kappa shape index (κ1) is 18.7. The van der Waals surface area contributed by atoms with Gasteiger partial charge < -0.3 is 15.3 Å². The minimum atomic E-state index is -0.845. The molecular formula is C19H31N3O2. The van der Waals surface area contributed by atoms with Gasteiger partial charge in [-0.3, -0.25) is 4.79 Å². The predicted molar refractivity (Wildman–Crippen MR) is 97.0 cm³/mol. The van der Waals surface area contributed by atoms with E-state index in [-0.39, 0.29) is 18.4 Å². The zero-order chi connectivity index (χ0) is 17.4. The summed E-state index contributed by atoms with van der Waals surface area (Å²) < 4.78 is 0. The van der Waals surface area contributed by atoms with Crippen molar-refractivity contribution in [1.29, 1.82) is 0 Å². The molecule has 0 unspecified atom stereocenters. The first-order chi connectivity index (χ1) is 11.6. The Morgan fingerprint density at radius 1 is 1.29 bits per heavy atom. The maximum absolute atomic E-state index is 12.3. The van der Waals surface area contributed by atoms with Gasteiger partial charge in [-0.2, -0.15) is 0 Å². The van der Waals surface area contributed by atoms with Crippen LogP contribution in [-0.4, -0.2) is 40.7 Å². The van der Waals surface area contributed by atoms with E-state index >= 15 is 0 Å². The second-order valence-corrected chi connectivity index (χ2v) is 6.92. The molecule has 0 spiro atoms. The van der Waals surface area contributed by atoms with E-state index in [4.69, 9.17) is 0 Å². The summed E-state index contributed by atoms with van der Waals surface area (Å²) in [7, 11) is 0. The largest absolute Gasteiger partial charge is 0.389 e. The number of hydrogen-bond donors (Lipinski definition) is 2. The number of nitrogens with zero attached hydrogens (tertiary/aromatic N) is 2. The maximum Gasteiger partial charge on any atom is 0.223 e. The van der Waals surface area contributed by atoms with E-state index in [2.05, 4.69) is 15.2 Å². The van der Waals surface area contributed by atoms with Crippen LogP contribution in [0.15, 0.2) is 24.4 Å². The summed E-state index contributed by atoms with van der Waals surface area (Å²) in [6, 6.07) is 6.14. The van der Waals surface area contributed by atoms with Crippen molar-refractivity contribution in [3.8, 4) is 0 Å². The Balaban J connectivity index is 1.79. The van der Waals surface area contributed by atoms with Crippen molar-refractivity contribution in [2.24, 2.45) is 0 Å². The van der Waals surface area contributed by atoms with Gasteiger partial charge in [-0.15, -0.1) is 0 Å². The molecule has 134 valence electrons. The maximum atomic E-state index is 12.3. The number of pyridine rings is 1. The fourth-order valence-corrected chi connectivity index (χ4v) is 3.60. The summed E-state index contributed by atoms with van der Waals surface area (Å²) in [5.74, 6) is 0.984. The normalized spacial score (nSPS) is 16.2. The molecule has 0 saturated carbocycles. The molecule has 1 aromatic rings. The number of nitrogens with one attached hydrogen (secondary N) is 1. The van der Waals surface area contributed by atoms with Crippen LogP contribution in [-0.2, 0) is 4.79 Å². The average Bonchev–Trinajstić information content (AvgIpc) is 2.56. The lowest BCUT2D eigenvalue weighted by molar-refractivity contribution is -0.127. The monoisotopic (exact) mass is 333 g/mol. The molecule has 0 atom stereocenters.